The van der Waals surface area contributed by atoms with Gasteiger partial charge in [0.25, 0.3) is 5.69 Å². The molecule has 5 nitrogen and oxygen atoms in total. The summed E-state index contributed by atoms with van der Waals surface area (Å²) >= 11 is 0. The fourth-order valence-electron chi connectivity index (χ4n) is 2.25. The van der Waals surface area contributed by atoms with E-state index in [1.165, 1.54) is 12.1 Å². The topological polar surface area (TPSA) is 71.0 Å². The third kappa shape index (κ3) is 2.55. The molecule has 0 aliphatic rings. The molecule has 0 saturated carbocycles. The van der Waals surface area contributed by atoms with Crippen LogP contribution in [-0.4, -0.2) is 9.91 Å². The van der Waals surface area contributed by atoms with Gasteiger partial charge in [-0.05, 0) is 23.1 Å². The van der Waals surface area contributed by atoms with Gasteiger partial charge in [0.2, 0.25) is 0 Å². The number of aromatic nitrogens is 1. The number of para-hydroxylation sites is 1. The van der Waals surface area contributed by atoms with E-state index in [0.29, 0.717) is 6.54 Å². The summed E-state index contributed by atoms with van der Waals surface area (Å²) < 4.78 is 13.8. The Labute approximate surface area is 119 Å². The number of nitro benzene ring substituents is 1. The molecule has 2 aromatic carbocycles. The molecule has 2 N–H and O–H groups in total. The van der Waals surface area contributed by atoms with E-state index >= 15 is 0 Å². The zero-order chi connectivity index (χ0) is 14.8. The van der Waals surface area contributed by atoms with Crippen LogP contribution in [0.2, 0.25) is 0 Å². The summed E-state index contributed by atoms with van der Waals surface area (Å²) in [6.07, 6.45) is 1.85. The van der Waals surface area contributed by atoms with Crippen LogP contribution in [0.25, 0.3) is 10.9 Å². The SMILES string of the molecule is O=[N+]([O-])c1ccc(NCc2cccc3cc[nH]c23)c(F)c1. The summed E-state index contributed by atoms with van der Waals surface area (Å²) in [6.45, 7) is 0.423. The summed E-state index contributed by atoms with van der Waals surface area (Å²) in [5.41, 5.74) is 1.97. The zero-order valence-corrected chi connectivity index (χ0v) is 11.0. The van der Waals surface area contributed by atoms with Gasteiger partial charge >= 0.3 is 0 Å². The molecule has 106 valence electrons. The van der Waals surface area contributed by atoms with Gasteiger partial charge in [-0.1, -0.05) is 18.2 Å². The Morgan fingerprint density at radius 1 is 1.24 bits per heavy atom. The maximum atomic E-state index is 13.8. The summed E-state index contributed by atoms with van der Waals surface area (Å²) in [5, 5.41) is 14.6. The van der Waals surface area contributed by atoms with Crippen molar-refractivity contribution in [1.29, 1.82) is 0 Å². The van der Waals surface area contributed by atoms with Crippen LogP contribution in [0.4, 0.5) is 15.8 Å². The quantitative estimate of drug-likeness (QED) is 0.565. The van der Waals surface area contributed by atoms with E-state index in [1.807, 2.05) is 30.5 Å². The van der Waals surface area contributed by atoms with Crippen LogP contribution in [0, 0.1) is 15.9 Å². The number of fused-ring (bicyclic) bond motifs is 1. The van der Waals surface area contributed by atoms with E-state index in [4.69, 9.17) is 0 Å². The minimum Gasteiger partial charge on any atom is -0.379 e. The molecule has 0 amide bonds. The first-order valence-corrected chi connectivity index (χ1v) is 6.38. The standard InChI is InChI=1S/C15H12FN3O2/c16-13-8-12(19(20)21)4-5-14(13)18-9-11-3-1-2-10-6-7-17-15(10)11/h1-8,17-18H,9H2. The smallest absolute Gasteiger partial charge is 0.272 e. The van der Waals surface area contributed by atoms with Gasteiger partial charge in [0, 0.05) is 18.8 Å². The molecular formula is C15H12FN3O2. The van der Waals surface area contributed by atoms with Crippen molar-refractivity contribution in [3.63, 3.8) is 0 Å². The Balaban J connectivity index is 1.82. The Morgan fingerprint density at radius 3 is 2.86 bits per heavy atom. The molecule has 0 spiro atoms. The lowest BCUT2D eigenvalue weighted by Crippen LogP contribution is -2.02. The highest BCUT2D eigenvalue weighted by Crippen LogP contribution is 2.22. The van der Waals surface area contributed by atoms with Crippen LogP contribution >= 0.6 is 0 Å². The second-order valence-corrected chi connectivity index (χ2v) is 4.63. The number of rotatable bonds is 4. The first kappa shape index (κ1) is 13.1. The van der Waals surface area contributed by atoms with E-state index in [1.54, 1.807) is 0 Å². The van der Waals surface area contributed by atoms with Crippen molar-refractivity contribution in [3.8, 4) is 0 Å². The largest absolute Gasteiger partial charge is 0.379 e. The minimum atomic E-state index is -0.636. The number of anilines is 1. The van der Waals surface area contributed by atoms with Gasteiger partial charge in [-0.2, -0.15) is 0 Å². The lowest BCUT2D eigenvalue weighted by atomic mass is 10.1. The molecule has 0 unspecified atom stereocenters. The van der Waals surface area contributed by atoms with Crippen molar-refractivity contribution < 1.29 is 9.31 Å². The maximum Gasteiger partial charge on any atom is 0.272 e. The molecule has 0 saturated heterocycles. The number of halogens is 1. The number of non-ortho nitro benzene ring substituents is 1. The van der Waals surface area contributed by atoms with Crippen molar-refractivity contribution in [2.24, 2.45) is 0 Å². The molecule has 0 fully saturated rings. The Morgan fingerprint density at radius 2 is 2.10 bits per heavy atom. The van der Waals surface area contributed by atoms with Gasteiger partial charge in [-0.15, -0.1) is 0 Å². The molecule has 3 rings (SSSR count). The first-order chi connectivity index (χ1) is 10.1. The Kier molecular flexibility index (Phi) is 3.27. The van der Waals surface area contributed by atoms with Crippen molar-refractivity contribution in [3.05, 3.63) is 70.2 Å². The van der Waals surface area contributed by atoms with Crippen LogP contribution in [0.15, 0.2) is 48.7 Å². The predicted octanol–water partition coefficient (Wildman–Crippen LogP) is 3.83. The fraction of sp³-hybridized carbons (Fsp3) is 0.0667. The van der Waals surface area contributed by atoms with Crippen LogP contribution in [0.5, 0.6) is 0 Å². The molecule has 0 atom stereocenters. The molecular weight excluding hydrogens is 273 g/mol. The molecule has 0 radical (unpaired) electrons. The van der Waals surface area contributed by atoms with E-state index in [0.717, 1.165) is 22.5 Å². The highest BCUT2D eigenvalue weighted by Gasteiger charge is 2.10. The van der Waals surface area contributed by atoms with E-state index in [2.05, 4.69) is 10.3 Å². The molecule has 21 heavy (non-hydrogen) atoms. The normalized spacial score (nSPS) is 10.7. The first-order valence-electron chi connectivity index (χ1n) is 6.38. The Bertz CT molecular complexity index is 814. The average Bonchev–Trinajstić information content (AvgIpc) is 2.94. The Hall–Kier alpha value is -2.89. The van der Waals surface area contributed by atoms with Crippen molar-refractivity contribution in [2.75, 3.05) is 5.32 Å². The molecule has 6 heteroatoms. The number of nitro groups is 1. The number of aromatic amines is 1. The lowest BCUT2D eigenvalue weighted by Gasteiger charge is -2.08. The summed E-state index contributed by atoms with van der Waals surface area (Å²) in [4.78, 5) is 13.1. The summed E-state index contributed by atoms with van der Waals surface area (Å²) in [6, 6.07) is 11.4. The molecule has 0 bridgehead atoms. The van der Waals surface area contributed by atoms with Crippen molar-refractivity contribution in [1.82, 2.24) is 4.98 Å². The van der Waals surface area contributed by atoms with Crippen LogP contribution in [0.1, 0.15) is 5.56 Å². The van der Waals surface area contributed by atoms with Gasteiger partial charge in [0.05, 0.1) is 22.2 Å². The van der Waals surface area contributed by atoms with Crippen molar-refractivity contribution in [2.45, 2.75) is 6.54 Å². The predicted molar refractivity (Wildman–Crippen MR) is 78.7 cm³/mol. The number of hydrogen-bond donors (Lipinski definition) is 2. The van der Waals surface area contributed by atoms with Gasteiger partial charge in [-0.3, -0.25) is 10.1 Å². The van der Waals surface area contributed by atoms with E-state index in [-0.39, 0.29) is 11.4 Å². The number of H-pyrrole nitrogens is 1. The maximum absolute atomic E-state index is 13.8. The molecule has 0 aliphatic carbocycles. The van der Waals surface area contributed by atoms with E-state index in [9.17, 15) is 14.5 Å². The summed E-state index contributed by atoms with van der Waals surface area (Å²) in [7, 11) is 0. The van der Waals surface area contributed by atoms with Gasteiger partial charge in [-0.25, -0.2) is 4.39 Å². The summed E-state index contributed by atoms with van der Waals surface area (Å²) in [5.74, 6) is -0.636. The second-order valence-electron chi connectivity index (χ2n) is 4.63. The third-order valence-electron chi connectivity index (χ3n) is 3.31. The van der Waals surface area contributed by atoms with Gasteiger partial charge in [0.15, 0.2) is 5.82 Å². The number of benzene rings is 2. The highest BCUT2D eigenvalue weighted by atomic mass is 19.1. The van der Waals surface area contributed by atoms with E-state index < -0.39 is 10.7 Å². The van der Waals surface area contributed by atoms with Crippen LogP contribution in [0.3, 0.4) is 0 Å². The number of nitrogens with zero attached hydrogens (tertiary/aromatic N) is 1. The number of nitrogens with one attached hydrogen (secondary N) is 2. The fourth-order valence-corrected chi connectivity index (χ4v) is 2.25. The molecule has 3 aromatic rings. The molecule has 1 aromatic heterocycles. The molecule has 1 heterocycles. The number of hydrogen-bond acceptors (Lipinski definition) is 3. The third-order valence-corrected chi connectivity index (χ3v) is 3.31. The van der Waals surface area contributed by atoms with Gasteiger partial charge < -0.3 is 10.3 Å². The monoisotopic (exact) mass is 285 g/mol. The average molecular weight is 285 g/mol. The zero-order valence-electron chi connectivity index (χ0n) is 11.0. The second kappa shape index (κ2) is 5.24. The highest BCUT2D eigenvalue weighted by molar-refractivity contribution is 5.82. The van der Waals surface area contributed by atoms with Crippen LogP contribution < -0.4 is 5.32 Å². The van der Waals surface area contributed by atoms with Gasteiger partial charge in [0.1, 0.15) is 0 Å². The minimum absolute atomic E-state index is 0.240. The lowest BCUT2D eigenvalue weighted by molar-refractivity contribution is -0.385. The molecule has 0 aliphatic heterocycles. The van der Waals surface area contributed by atoms with Crippen molar-refractivity contribution >= 4 is 22.3 Å². The van der Waals surface area contributed by atoms with Crippen LogP contribution in [-0.2, 0) is 6.54 Å².